The normalized spacial score (nSPS) is 10.1. The van der Waals surface area contributed by atoms with Gasteiger partial charge in [-0.05, 0) is 31.8 Å². The number of carboxylic acid groups (broad SMARTS) is 2. The van der Waals surface area contributed by atoms with Gasteiger partial charge in [0, 0.05) is 0 Å². The molecule has 0 aliphatic rings. The third kappa shape index (κ3) is 7.26. The fraction of sp³-hybridized carbons (Fsp3) is 0.273. The number of carboxylic acids is 2. The molecule has 0 saturated carbocycles. The molecular weight excluding hydrogens is 240 g/mol. The topological polar surface area (TPSA) is 94.8 Å². The molecular formula is C11H16O5Si. The van der Waals surface area contributed by atoms with E-state index in [4.69, 9.17) is 15.0 Å². The quantitative estimate of drug-likeness (QED) is 0.702. The molecule has 0 aliphatic heterocycles. The van der Waals surface area contributed by atoms with Gasteiger partial charge in [-0.25, -0.2) is 9.59 Å². The molecule has 1 aromatic rings. The molecule has 17 heavy (non-hydrogen) atoms. The molecule has 0 radical (unpaired) electrons. The van der Waals surface area contributed by atoms with Crippen molar-refractivity contribution in [3.8, 4) is 0 Å². The highest BCUT2D eigenvalue weighted by Crippen LogP contribution is 2.07. The largest absolute Gasteiger partial charge is 0.478 e. The van der Waals surface area contributed by atoms with E-state index in [9.17, 15) is 9.59 Å². The van der Waals surface area contributed by atoms with Gasteiger partial charge in [-0.3, -0.25) is 0 Å². The molecule has 0 amide bonds. The van der Waals surface area contributed by atoms with Crippen LogP contribution in [0, 0.1) is 0 Å². The van der Waals surface area contributed by atoms with E-state index in [0.29, 0.717) is 0 Å². The van der Waals surface area contributed by atoms with Crippen LogP contribution in [0.5, 0.6) is 0 Å². The fourth-order valence-corrected chi connectivity index (χ4v) is 0.856. The van der Waals surface area contributed by atoms with Gasteiger partial charge in [-0.2, -0.15) is 0 Å². The highest BCUT2D eigenvalue weighted by Gasteiger charge is 2.13. The Kier molecular flexibility index (Phi) is 5.56. The van der Waals surface area contributed by atoms with Crippen LogP contribution in [0.1, 0.15) is 20.7 Å². The lowest BCUT2D eigenvalue weighted by atomic mass is 10.1. The van der Waals surface area contributed by atoms with Gasteiger partial charge in [0.25, 0.3) is 0 Å². The van der Waals surface area contributed by atoms with Crippen molar-refractivity contribution in [1.29, 1.82) is 0 Å². The second-order valence-electron chi connectivity index (χ2n) is 4.33. The average Bonchev–Trinajstić information content (AvgIpc) is 2.15. The van der Waals surface area contributed by atoms with E-state index in [1.807, 2.05) is 19.6 Å². The van der Waals surface area contributed by atoms with E-state index in [1.165, 1.54) is 24.3 Å². The van der Waals surface area contributed by atoms with Crippen molar-refractivity contribution in [2.24, 2.45) is 0 Å². The predicted octanol–water partition coefficient (Wildman–Crippen LogP) is 1.90. The summed E-state index contributed by atoms with van der Waals surface area (Å²) in [7, 11) is -1.61. The molecule has 0 saturated heterocycles. The second-order valence-corrected chi connectivity index (χ2v) is 8.67. The Morgan fingerprint density at radius 1 is 0.941 bits per heavy atom. The zero-order valence-corrected chi connectivity index (χ0v) is 11.0. The standard InChI is InChI=1S/C8H6O4.C3H10OSi/c9-7(10)5-3-1-2-4-6(5)8(11)12;1-5(2,3)4/h1-4H,(H,9,10)(H,11,12);4H,1-3H3. The molecule has 0 spiro atoms. The summed E-state index contributed by atoms with van der Waals surface area (Å²) >= 11 is 0. The van der Waals surface area contributed by atoms with Crippen LogP contribution in [0.4, 0.5) is 0 Å². The van der Waals surface area contributed by atoms with Crippen molar-refractivity contribution in [3.05, 3.63) is 35.4 Å². The van der Waals surface area contributed by atoms with Crippen LogP contribution in [0.15, 0.2) is 24.3 Å². The molecule has 0 atom stereocenters. The molecule has 0 heterocycles. The Labute approximate surface area is 100 Å². The van der Waals surface area contributed by atoms with Gasteiger partial charge in [-0.15, -0.1) is 0 Å². The summed E-state index contributed by atoms with van der Waals surface area (Å²) in [5, 5.41) is 17.1. The van der Waals surface area contributed by atoms with Crippen molar-refractivity contribution in [3.63, 3.8) is 0 Å². The van der Waals surface area contributed by atoms with Crippen molar-refractivity contribution in [2.75, 3.05) is 0 Å². The van der Waals surface area contributed by atoms with Crippen LogP contribution in [0.2, 0.25) is 19.6 Å². The molecule has 3 N–H and O–H groups in total. The monoisotopic (exact) mass is 256 g/mol. The summed E-state index contributed by atoms with van der Waals surface area (Å²) in [5.41, 5.74) is -0.380. The molecule has 0 bridgehead atoms. The molecule has 94 valence electrons. The number of benzene rings is 1. The van der Waals surface area contributed by atoms with Gasteiger partial charge in [0.05, 0.1) is 11.1 Å². The van der Waals surface area contributed by atoms with Crippen molar-refractivity contribution >= 4 is 20.3 Å². The van der Waals surface area contributed by atoms with Gasteiger partial charge in [-0.1, -0.05) is 12.1 Å². The van der Waals surface area contributed by atoms with Crippen LogP contribution < -0.4 is 0 Å². The van der Waals surface area contributed by atoms with Crippen LogP contribution in [-0.2, 0) is 0 Å². The molecule has 0 unspecified atom stereocenters. The SMILES string of the molecule is C[Si](C)(C)O.O=C(O)c1ccccc1C(=O)O. The Morgan fingerprint density at radius 3 is 1.35 bits per heavy atom. The zero-order valence-electron chi connectivity index (χ0n) is 9.97. The van der Waals surface area contributed by atoms with Gasteiger partial charge in [0.2, 0.25) is 0 Å². The minimum atomic E-state index is -1.61. The Hall–Kier alpha value is -1.66. The lowest BCUT2D eigenvalue weighted by Gasteiger charge is -2.00. The molecule has 6 heteroatoms. The molecule has 0 aromatic heterocycles. The molecule has 0 fully saturated rings. The van der Waals surface area contributed by atoms with Crippen LogP contribution in [-0.4, -0.2) is 35.3 Å². The van der Waals surface area contributed by atoms with E-state index in [-0.39, 0.29) is 11.1 Å². The maximum absolute atomic E-state index is 10.5. The number of carbonyl (C=O) groups is 2. The van der Waals surface area contributed by atoms with Gasteiger partial charge in [0.1, 0.15) is 0 Å². The highest BCUT2D eigenvalue weighted by molar-refractivity contribution is 6.68. The van der Waals surface area contributed by atoms with Gasteiger partial charge >= 0.3 is 11.9 Å². The average molecular weight is 256 g/mol. The second kappa shape index (κ2) is 6.17. The van der Waals surface area contributed by atoms with Gasteiger partial charge in [0.15, 0.2) is 8.32 Å². The smallest absolute Gasteiger partial charge is 0.336 e. The zero-order chi connectivity index (χ0) is 13.6. The summed E-state index contributed by atoms with van der Waals surface area (Å²) < 4.78 is 0. The lowest BCUT2D eigenvalue weighted by Crippen LogP contribution is -2.17. The third-order valence-corrected chi connectivity index (χ3v) is 1.39. The van der Waals surface area contributed by atoms with Crippen LogP contribution >= 0.6 is 0 Å². The molecule has 5 nitrogen and oxygen atoms in total. The number of hydrogen-bond acceptors (Lipinski definition) is 3. The summed E-state index contributed by atoms with van der Waals surface area (Å²) in [6.45, 7) is 5.65. The maximum Gasteiger partial charge on any atom is 0.336 e. The van der Waals surface area contributed by atoms with E-state index < -0.39 is 20.3 Å². The van der Waals surface area contributed by atoms with Gasteiger partial charge < -0.3 is 15.0 Å². The Balaban J connectivity index is 0.000000437. The summed E-state index contributed by atoms with van der Waals surface area (Å²) in [6.07, 6.45) is 0. The fourth-order valence-electron chi connectivity index (χ4n) is 0.856. The summed E-state index contributed by atoms with van der Waals surface area (Å²) in [6, 6.07) is 5.48. The summed E-state index contributed by atoms with van der Waals surface area (Å²) in [5.74, 6) is -2.46. The predicted molar refractivity (Wildman–Crippen MR) is 65.9 cm³/mol. The Morgan fingerprint density at radius 2 is 1.18 bits per heavy atom. The summed E-state index contributed by atoms with van der Waals surface area (Å²) in [4.78, 5) is 29.6. The maximum atomic E-state index is 10.5. The third-order valence-electron chi connectivity index (χ3n) is 1.39. The van der Waals surface area contributed by atoms with E-state index in [0.717, 1.165) is 0 Å². The highest BCUT2D eigenvalue weighted by atomic mass is 28.4. The van der Waals surface area contributed by atoms with Crippen molar-refractivity contribution in [2.45, 2.75) is 19.6 Å². The van der Waals surface area contributed by atoms with Crippen molar-refractivity contribution < 1.29 is 24.6 Å². The number of rotatable bonds is 2. The minimum Gasteiger partial charge on any atom is -0.478 e. The molecule has 0 aliphatic carbocycles. The first-order chi connectivity index (χ1) is 7.63. The van der Waals surface area contributed by atoms with E-state index >= 15 is 0 Å². The van der Waals surface area contributed by atoms with Crippen molar-refractivity contribution in [1.82, 2.24) is 0 Å². The number of hydrogen-bond donors (Lipinski definition) is 3. The Bertz CT molecular complexity index is 370. The van der Waals surface area contributed by atoms with Crippen LogP contribution in [0.3, 0.4) is 0 Å². The minimum absolute atomic E-state index is 0.190. The molecule has 1 rings (SSSR count). The van der Waals surface area contributed by atoms with Crippen LogP contribution in [0.25, 0.3) is 0 Å². The van der Waals surface area contributed by atoms with E-state index in [2.05, 4.69) is 0 Å². The lowest BCUT2D eigenvalue weighted by molar-refractivity contribution is 0.0651. The molecule has 1 aromatic carbocycles. The first-order valence-electron chi connectivity index (χ1n) is 4.91. The van der Waals surface area contributed by atoms with E-state index in [1.54, 1.807) is 0 Å². The first-order valence-corrected chi connectivity index (χ1v) is 8.35. The number of aromatic carboxylic acids is 2. The first kappa shape index (κ1) is 15.3.